The molecule has 0 heterocycles. The van der Waals surface area contributed by atoms with E-state index in [0.717, 1.165) is 17.6 Å². The number of rotatable bonds is 6. The number of allylic oxidation sites excluding steroid dienone is 1. The summed E-state index contributed by atoms with van der Waals surface area (Å²) in [6.45, 7) is 5.76. The van der Waals surface area contributed by atoms with Crippen LogP contribution in [0.1, 0.15) is 31.4 Å². The highest BCUT2D eigenvalue weighted by molar-refractivity contribution is 6.32. The average Bonchev–Trinajstić information content (AvgIpc) is 2.34. The minimum atomic E-state index is -0.584. The van der Waals surface area contributed by atoms with Gasteiger partial charge in [0.2, 0.25) is 0 Å². The van der Waals surface area contributed by atoms with Crippen LogP contribution in [0.15, 0.2) is 24.3 Å². The summed E-state index contributed by atoms with van der Waals surface area (Å²) in [4.78, 5) is 0. The molecular formula is C14H19ClO3. The van der Waals surface area contributed by atoms with Crippen LogP contribution in [-0.2, 0) is 0 Å². The molecule has 1 rings (SSSR count). The van der Waals surface area contributed by atoms with Crippen molar-refractivity contribution in [3.63, 3.8) is 0 Å². The lowest BCUT2D eigenvalue weighted by Crippen LogP contribution is -2.00. The number of methoxy groups -OCH3 is 2. The van der Waals surface area contributed by atoms with Crippen LogP contribution in [0.2, 0.25) is 5.02 Å². The van der Waals surface area contributed by atoms with E-state index in [9.17, 15) is 5.11 Å². The molecule has 1 unspecified atom stereocenters. The first-order valence-corrected chi connectivity index (χ1v) is 6.11. The zero-order valence-electron chi connectivity index (χ0n) is 11.0. The fourth-order valence-electron chi connectivity index (χ4n) is 1.68. The summed E-state index contributed by atoms with van der Waals surface area (Å²) in [5.74, 6) is 1.00. The lowest BCUT2D eigenvalue weighted by molar-refractivity contribution is 0.167. The number of benzene rings is 1. The Morgan fingerprint density at radius 3 is 2.56 bits per heavy atom. The quantitative estimate of drug-likeness (QED) is 0.800. The third-order valence-corrected chi connectivity index (χ3v) is 2.97. The van der Waals surface area contributed by atoms with Gasteiger partial charge in [0, 0.05) is 0 Å². The van der Waals surface area contributed by atoms with E-state index in [2.05, 4.69) is 6.58 Å². The van der Waals surface area contributed by atoms with Gasteiger partial charge in [-0.3, -0.25) is 0 Å². The maximum absolute atomic E-state index is 10.1. The molecule has 1 aromatic rings. The smallest absolute Gasteiger partial charge is 0.179 e. The van der Waals surface area contributed by atoms with Crippen LogP contribution in [0.5, 0.6) is 11.5 Å². The van der Waals surface area contributed by atoms with Crippen molar-refractivity contribution in [2.75, 3.05) is 14.2 Å². The summed E-state index contributed by atoms with van der Waals surface area (Å²) < 4.78 is 10.3. The molecule has 0 radical (unpaired) electrons. The highest BCUT2D eigenvalue weighted by atomic mass is 35.5. The predicted molar refractivity (Wildman–Crippen MR) is 73.6 cm³/mol. The van der Waals surface area contributed by atoms with Gasteiger partial charge in [0.25, 0.3) is 0 Å². The molecule has 0 aromatic heterocycles. The lowest BCUT2D eigenvalue weighted by Gasteiger charge is -2.15. The molecule has 1 N–H and O–H groups in total. The molecule has 1 aromatic carbocycles. The van der Waals surface area contributed by atoms with Gasteiger partial charge >= 0.3 is 0 Å². The molecule has 0 aliphatic rings. The number of aliphatic hydroxyl groups is 1. The molecular weight excluding hydrogens is 252 g/mol. The van der Waals surface area contributed by atoms with Gasteiger partial charge in [-0.05, 0) is 37.5 Å². The predicted octanol–water partition coefficient (Wildman–Crippen LogP) is 3.75. The van der Waals surface area contributed by atoms with E-state index in [1.807, 2.05) is 6.92 Å². The molecule has 1 atom stereocenters. The molecule has 0 aliphatic carbocycles. The van der Waals surface area contributed by atoms with Crippen LogP contribution in [0.3, 0.4) is 0 Å². The Labute approximate surface area is 113 Å². The average molecular weight is 271 g/mol. The Bertz CT molecular complexity index is 429. The molecule has 0 aliphatic heterocycles. The van der Waals surface area contributed by atoms with Gasteiger partial charge in [0.15, 0.2) is 11.5 Å². The van der Waals surface area contributed by atoms with Crippen LogP contribution in [0, 0.1) is 0 Å². The topological polar surface area (TPSA) is 38.7 Å². The molecule has 4 heteroatoms. The summed E-state index contributed by atoms with van der Waals surface area (Å²) in [7, 11) is 3.07. The molecule has 0 spiro atoms. The van der Waals surface area contributed by atoms with Crippen molar-refractivity contribution in [1.29, 1.82) is 0 Å². The van der Waals surface area contributed by atoms with Crippen molar-refractivity contribution in [3.05, 3.63) is 34.9 Å². The fourth-order valence-corrected chi connectivity index (χ4v) is 1.98. The lowest BCUT2D eigenvalue weighted by atomic mass is 10.0. The van der Waals surface area contributed by atoms with Gasteiger partial charge in [0.1, 0.15) is 0 Å². The zero-order valence-corrected chi connectivity index (χ0v) is 11.8. The minimum absolute atomic E-state index is 0.432. The van der Waals surface area contributed by atoms with Crippen molar-refractivity contribution >= 4 is 11.6 Å². The van der Waals surface area contributed by atoms with Crippen LogP contribution in [-0.4, -0.2) is 19.3 Å². The van der Waals surface area contributed by atoms with Crippen LogP contribution in [0.25, 0.3) is 0 Å². The van der Waals surface area contributed by atoms with E-state index < -0.39 is 6.10 Å². The molecule has 0 amide bonds. The monoisotopic (exact) mass is 270 g/mol. The van der Waals surface area contributed by atoms with Gasteiger partial charge in [-0.2, -0.15) is 0 Å². The maximum Gasteiger partial charge on any atom is 0.179 e. The highest BCUT2D eigenvalue weighted by Gasteiger charge is 2.15. The number of aliphatic hydroxyl groups excluding tert-OH is 1. The van der Waals surface area contributed by atoms with E-state index in [0.29, 0.717) is 22.9 Å². The van der Waals surface area contributed by atoms with Crippen molar-refractivity contribution in [3.8, 4) is 11.5 Å². The largest absolute Gasteiger partial charge is 0.493 e. The first kappa shape index (κ1) is 14.9. The van der Waals surface area contributed by atoms with E-state index in [1.54, 1.807) is 12.1 Å². The Morgan fingerprint density at radius 1 is 1.39 bits per heavy atom. The third kappa shape index (κ3) is 3.65. The maximum atomic E-state index is 10.1. The Balaban J connectivity index is 2.96. The van der Waals surface area contributed by atoms with Gasteiger partial charge in [-0.15, -0.1) is 6.58 Å². The molecule has 18 heavy (non-hydrogen) atoms. The summed E-state index contributed by atoms with van der Waals surface area (Å²) in [6.07, 6.45) is 0.799. The third-order valence-electron chi connectivity index (χ3n) is 2.69. The second-order valence-electron chi connectivity index (χ2n) is 4.25. The van der Waals surface area contributed by atoms with Crippen LogP contribution >= 0.6 is 11.6 Å². The second kappa shape index (κ2) is 6.66. The molecule has 0 fully saturated rings. The second-order valence-corrected chi connectivity index (χ2v) is 4.66. The summed E-state index contributed by atoms with van der Waals surface area (Å²) >= 11 is 6.09. The van der Waals surface area contributed by atoms with Crippen molar-refractivity contribution in [2.24, 2.45) is 0 Å². The SMILES string of the molecule is C=C(C)CCC(O)c1cc(Cl)c(OC)c(OC)c1. The van der Waals surface area contributed by atoms with Crippen LogP contribution < -0.4 is 9.47 Å². The Kier molecular flexibility index (Phi) is 5.51. The van der Waals surface area contributed by atoms with Crippen molar-refractivity contribution in [1.82, 2.24) is 0 Å². The summed E-state index contributed by atoms with van der Waals surface area (Å²) in [5, 5.41) is 10.5. The van der Waals surface area contributed by atoms with Crippen LogP contribution in [0.4, 0.5) is 0 Å². The Morgan fingerprint density at radius 2 is 2.06 bits per heavy atom. The highest BCUT2D eigenvalue weighted by Crippen LogP contribution is 2.38. The summed E-state index contributed by atoms with van der Waals surface area (Å²) in [6, 6.07) is 3.44. The molecule has 0 bridgehead atoms. The van der Waals surface area contributed by atoms with Crippen molar-refractivity contribution < 1.29 is 14.6 Å². The fraction of sp³-hybridized carbons (Fsp3) is 0.429. The van der Waals surface area contributed by atoms with E-state index in [1.165, 1.54) is 14.2 Å². The molecule has 100 valence electrons. The van der Waals surface area contributed by atoms with Gasteiger partial charge in [-0.25, -0.2) is 0 Å². The zero-order chi connectivity index (χ0) is 13.7. The molecule has 0 saturated heterocycles. The van der Waals surface area contributed by atoms with Crippen molar-refractivity contribution in [2.45, 2.75) is 25.9 Å². The summed E-state index contributed by atoms with van der Waals surface area (Å²) in [5.41, 5.74) is 1.76. The number of halogens is 1. The van der Waals surface area contributed by atoms with Gasteiger partial charge in [0.05, 0.1) is 25.3 Å². The normalized spacial score (nSPS) is 12.1. The first-order valence-electron chi connectivity index (χ1n) is 5.73. The number of ether oxygens (including phenoxy) is 2. The number of hydrogen-bond donors (Lipinski definition) is 1. The van der Waals surface area contributed by atoms with E-state index in [4.69, 9.17) is 21.1 Å². The Hall–Kier alpha value is -1.19. The minimum Gasteiger partial charge on any atom is -0.493 e. The van der Waals surface area contributed by atoms with Gasteiger partial charge < -0.3 is 14.6 Å². The van der Waals surface area contributed by atoms with E-state index in [-0.39, 0.29) is 0 Å². The first-order chi connectivity index (χ1) is 8.49. The van der Waals surface area contributed by atoms with E-state index >= 15 is 0 Å². The number of hydrogen-bond acceptors (Lipinski definition) is 3. The van der Waals surface area contributed by atoms with Gasteiger partial charge in [-0.1, -0.05) is 17.2 Å². The molecule has 3 nitrogen and oxygen atoms in total. The molecule has 0 saturated carbocycles. The standard InChI is InChI=1S/C14H19ClO3/c1-9(2)5-6-12(16)10-7-11(15)14(18-4)13(8-10)17-3/h7-8,12,16H,1,5-6H2,2-4H3.